The van der Waals surface area contributed by atoms with Crippen molar-refractivity contribution in [3.05, 3.63) is 72.1 Å². The largest absolute Gasteiger partial charge is 0.492 e. The van der Waals surface area contributed by atoms with Crippen molar-refractivity contribution in [2.24, 2.45) is 0 Å². The number of hydrogen-bond donors (Lipinski definition) is 2. The molecule has 1 aliphatic carbocycles. The number of anilines is 3. The zero-order chi connectivity index (χ0) is 34.6. The van der Waals surface area contributed by atoms with E-state index in [1.165, 1.54) is 5.56 Å². The number of amides is 4. The van der Waals surface area contributed by atoms with Gasteiger partial charge in [-0.15, -0.1) is 0 Å². The number of rotatable bonds is 11. The summed E-state index contributed by atoms with van der Waals surface area (Å²) < 4.78 is 8.20. The van der Waals surface area contributed by atoms with Crippen molar-refractivity contribution in [3.63, 3.8) is 0 Å². The summed E-state index contributed by atoms with van der Waals surface area (Å²) in [6.45, 7) is 6.64. The number of carbonyl (C=O) groups is 3. The highest BCUT2D eigenvalue weighted by atomic mass is 16.5. The zero-order valence-electron chi connectivity index (χ0n) is 28.8. The Balaban J connectivity index is 0.868. The molecule has 2 aromatic heterocycles. The molecule has 2 aliphatic heterocycles. The molecule has 3 fully saturated rings. The average molecular weight is 680 g/mol. The first-order valence-corrected chi connectivity index (χ1v) is 17.6. The Morgan fingerprint density at radius 2 is 1.68 bits per heavy atom. The fourth-order valence-corrected chi connectivity index (χ4v) is 7.07. The van der Waals surface area contributed by atoms with Crippen molar-refractivity contribution in [3.8, 4) is 5.75 Å². The van der Waals surface area contributed by atoms with Gasteiger partial charge in [-0.3, -0.25) is 29.6 Å². The van der Waals surface area contributed by atoms with Gasteiger partial charge in [0.15, 0.2) is 0 Å². The van der Waals surface area contributed by atoms with Gasteiger partial charge in [-0.25, -0.2) is 9.78 Å². The molecule has 13 nitrogen and oxygen atoms in total. The molecule has 4 amide bonds. The molecule has 4 aromatic rings. The molecule has 0 radical (unpaired) electrons. The summed E-state index contributed by atoms with van der Waals surface area (Å²) in [5.41, 5.74) is 4.33. The van der Waals surface area contributed by atoms with Gasteiger partial charge in [0.05, 0.1) is 0 Å². The maximum Gasteiger partial charge on any atom is 0.328 e. The van der Waals surface area contributed by atoms with E-state index < -0.39 is 0 Å². The summed E-state index contributed by atoms with van der Waals surface area (Å²) in [5, 5.41) is 6.57. The van der Waals surface area contributed by atoms with Crippen LogP contribution in [0.4, 0.5) is 22.1 Å². The van der Waals surface area contributed by atoms with E-state index in [4.69, 9.17) is 9.72 Å². The van der Waals surface area contributed by atoms with Crippen LogP contribution in [-0.2, 0) is 11.3 Å². The number of benzene rings is 2. The molecule has 4 heterocycles. The predicted molar refractivity (Wildman–Crippen MR) is 192 cm³/mol. The number of urea groups is 1. The summed E-state index contributed by atoms with van der Waals surface area (Å²) in [7, 11) is 3.56. The van der Waals surface area contributed by atoms with Crippen LogP contribution in [0.5, 0.6) is 5.75 Å². The Bertz CT molecular complexity index is 1830. The van der Waals surface area contributed by atoms with Crippen molar-refractivity contribution in [2.75, 3.05) is 70.2 Å². The third-order valence-electron chi connectivity index (χ3n) is 9.85. The van der Waals surface area contributed by atoms with Gasteiger partial charge in [0.2, 0.25) is 11.9 Å². The summed E-state index contributed by atoms with van der Waals surface area (Å²) >= 11 is 0. The van der Waals surface area contributed by atoms with Crippen LogP contribution in [0.25, 0.3) is 11.0 Å². The molecule has 7 rings (SSSR count). The van der Waals surface area contributed by atoms with Gasteiger partial charge in [0.1, 0.15) is 23.7 Å². The van der Waals surface area contributed by atoms with Crippen LogP contribution in [0.1, 0.15) is 54.2 Å². The van der Waals surface area contributed by atoms with Crippen molar-refractivity contribution >= 4 is 46.2 Å². The van der Waals surface area contributed by atoms with E-state index in [0.29, 0.717) is 31.2 Å². The highest BCUT2D eigenvalue weighted by Crippen LogP contribution is 2.35. The van der Waals surface area contributed by atoms with E-state index >= 15 is 0 Å². The number of piperazine rings is 1. The smallest absolute Gasteiger partial charge is 0.328 e. The minimum absolute atomic E-state index is 0.0197. The number of imide groups is 1. The molecule has 2 N–H and O–H groups in total. The fraction of sp³-hybridized carbons (Fsp3) is 0.432. The Morgan fingerprint density at radius 1 is 0.960 bits per heavy atom. The second-order valence-corrected chi connectivity index (χ2v) is 13.5. The topological polar surface area (TPSA) is 128 Å². The zero-order valence-corrected chi connectivity index (χ0v) is 28.8. The first kappa shape index (κ1) is 33.5. The maximum absolute atomic E-state index is 13.0. The molecule has 0 unspecified atom stereocenters. The van der Waals surface area contributed by atoms with Crippen LogP contribution < -0.4 is 20.3 Å². The molecule has 1 saturated carbocycles. The van der Waals surface area contributed by atoms with Crippen molar-refractivity contribution < 1.29 is 19.1 Å². The van der Waals surface area contributed by atoms with Crippen LogP contribution in [-0.4, -0.2) is 107 Å². The number of fused-ring (bicyclic) bond motifs is 1. The Hall–Kier alpha value is -5.01. The number of nitrogens with zero attached hydrogens (tertiary/aromatic N) is 7. The number of ether oxygens (including phenoxy) is 1. The number of nitrogens with one attached hydrogen (secondary N) is 2. The number of hydrogen-bond acceptors (Lipinski definition) is 9. The quantitative estimate of drug-likeness (QED) is 0.233. The standard InChI is InChI=1S/C37H45N9O4/c1-42(2)35(48)32-23-27-24-38-36(41-34(27)46(32)30-5-3-4-6-30)39-28-9-13-31(14-10-28)50-22-21-43-17-19-44(20-18-43)25-26-7-11-29(12-8-26)45-16-15-33(47)40-37(45)49/h7-14,23-24,30H,3-6,15-22,25H2,1-2H3,(H,38,39,41)(H,40,47,49). The molecule has 0 spiro atoms. The highest BCUT2D eigenvalue weighted by molar-refractivity contribution is 6.05. The van der Waals surface area contributed by atoms with E-state index in [-0.39, 0.29) is 23.9 Å². The first-order valence-electron chi connectivity index (χ1n) is 17.6. The number of carbonyl (C=O) groups excluding carboxylic acids is 3. The van der Waals surface area contributed by atoms with Crippen LogP contribution in [0.3, 0.4) is 0 Å². The summed E-state index contributed by atoms with van der Waals surface area (Å²) in [6.07, 6.45) is 6.53. The average Bonchev–Trinajstić information content (AvgIpc) is 3.78. The molecule has 3 aliphatic rings. The van der Waals surface area contributed by atoms with Gasteiger partial charge < -0.3 is 19.5 Å². The van der Waals surface area contributed by atoms with E-state index in [1.54, 1.807) is 30.1 Å². The molecule has 13 heteroatoms. The van der Waals surface area contributed by atoms with Crippen LogP contribution in [0.15, 0.2) is 60.8 Å². The minimum atomic E-state index is -0.358. The van der Waals surface area contributed by atoms with Crippen molar-refractivity contribution in [1.82, 2.24) is 34.6 Å². The van der Waals surface area contributed by atoms with Crippen LogP contribution >= 0.6 is 0 Å². The van der Waals surface area contributed by atoms with Gasteiger partial charge in [-0.05, 0) is 60.9 Å². The Morgan fingerprint density at radius 3 is 2.38 bits per heavy atom. The summed E-state index contributed by atoms with van der Waals surface area (Å²) in [4.78, 5) is 54.1. The van der Waals surface area contributed by atoms with E-state index in [2.05, 4.69) is 42.1 Å². The lowest BCUT2D eigenvalue weighted by molar-refractivity contribution is -0.120. The van der Waals surface area contributed by atoms with Crippen LogP contribution in [0.2, 0.25) is 0 Å². The van der Waals surface area contributed by atoms with Gasteiger partial charge in [0.25, 0.3) is 5.91 Å². The predicted octanol–water partition coefficient (Wildman–Crippen LogP) is 4.63. The monoisotopic (exact) mass is 679 g/mol. The van der Waals surface area contributed by atoms with Crippen molar-refractivity contribution in [2.45, 2.75) is 44.7 Å². The lowest BCUT2D eigenvalue weighted by Gasteiger charge is -2.34. The van der Waals surface area contributed by atoms with Gasteiger partial charge in [-0.2, -0.15) is 4.98 Å². The van der Waals surface area contributed by atoms with Gasteiger partial charge >= 0.3 is 6.03 Å². The fourth-order valence-electron chi connectivity index (χ4n) is 7.07. The van der Waals surface area contributed by atoms with Crippen LogP contribution in [0, 0.1) is 0 Å². The SMILES string of the molecule is CN(C)C(=O)c1cc2cnc(Nc3ccc(OCCN4CCN(Cc5ccc(N6CCC(=O)NC6=O)cc5)CC4)cc3)nc2n1C1CCCC1. The number of aromatic nitrogens is 3. The van der Waals surface area contributed by atoms with Gasteiger partial charge in [0, 0.05) is 95.3 Å². The molecular weight excluding hydrogens is 634 g/mol. The minimum Gasteiger partial charge on any atom is -0.492 e. The highest BCUT2D eigenvalue weighted by Gasteiger charge is 2.27. The lowest BCUT2D eigenvalue weighted by atomic mass is 10.1. The molecular formula is C37H45N9O4. The lowest BCUT2D eigenvalue weighted by Crippen LogP contribution is -2.49. The third-order valence-corrected chi connectivity index (χ3v) is 9.85. The molecule has 0 atom stereocenters. The van der Waals surface area contributed by atoms with E-state index in [9.17, 15) is 14.4 Å². The Labute approximate surface area is 292 Å². The molecule has 2 aromatic carbocycles. The van der Waals surface area contributed by atoms with E-state index in [0.717, 1.165) is 93.1 Å². The van der Waals surface area contributed by atoms with Gasteiger partial charge in [-0.1, -0.05) is 25.0 Å². The summed E-state index contributed by atoms with van der Waals surface area (Å²) in [5.74, 6) is 1.06. The second kappa shape index (κ2) is 14.9. The second-order valence-electron chi connectivity index (χ2n) is 13.5. The van der Waals surface area contributed by atoms with E-state index in [1.807, 2.05) is 42.5 Å². The molecule has 262 valence electrons. The normalized spacial score (nSPS) is 17.7. The first-order chi connectivity index (χ1) is 24.3. The molecule has 50 heavy (non-hydrogen) atoms. The molecule has 2 saturated heterocycles. The third kappa shape index (κ3) is 7.58. The Kier molecular flexibility index (Phi) is 9.95. The van der Waals surface area contributed by atoms with Crippen molar-refractivity contribution in [1.29, 1.82) is 0 Å². The molecule has 0 bridgehead atoms. The maximum atomic E-state index is 13.0. The summed E-state index contributed by atoms with van der Waals surface area (Å²) in [6, 6.07) is 17.7.